The summed E-state index contributed by atoms with van der Waals surface area (Å²) in [5, 5.41) is 12.6. The fraction of sp³-hybridized carbons (Fsp3) is 0.261. The fourth-order valence-electron chi connectivity index (χ4n) is 2.98. The van der Waals surface area contributed by atoms with E-state index in [9.17, 15) is 14.9 Å². The van der Waals surface area contributed by atoms with Gasteiger partial charge in [0.05, 0.1) is 20.3 Å². The van der Waals surface area contributed by atoms with Gasteiger partial charge in [-0.25, -0.2) is 0 Å². The van der Waals surface area contributed by atoms with E-state index in [0.717, 1.165) is 0 Å². The van der Waals surface area contributed by atoms with Crippen molar-refractivity contribution >= 4 is 35.2 Å². The van der Waals surface area contributed by atoms with Crippen LogP contribution in [0.15, 0.2) is 48.0 Å². The maximum absolute atomic E-state index is 12.4. The third kappa shape index (κ3) is 6.23. The van der Waals surface area contributed by atoms with E-state index >= 15 is 0 Å². The largest absolute Gasteiger partial charge is 0.493 e. The van der Waals surface area contributed by atoms with Crippen molar-refractivity contribution in [3.63, 3.8) is 0 Å². The van der Waals surface area contributed by atoms with E-state index < -0.39 is 5.91 Å². The summed E-state index contributed by atoms with van der Waals surface area (Å²) in [5.74, 6) is 0.0782. The molecule has 0 bridgehead atoms. The number of hydrogen-bond donors (Lipinski definition) is 1. The minimum Gasteiger partial charge on any atom is -0.493 e. The number of benzene rings is 2. The van der Waals surface area contributed by atoms with E-state index in [4.69, 9.17) is 25.8 Å². The Morgan fingerprint density at radius 3 is 2.56 bits per heavy atom. The van der Waals surface area contributed by atoms with Gasteiger partial charge in [0.1, 0.15) is 11.6 Å². The van der Waals surface area contributed by atoms with E-state index in [2.05, 4.69) is 5.32 Å². The smallest absolute Gasteiger partial charge is 0.266 e. The number of anilines is 1. The molecule has 2 amide bonds. The molecule has 1 aliphatic heterocycles. The molecule has 0 spiro atoms. The number of ether oxygens (including phenoxy) is 3. The Balaban J connectivity index is 1.68. The quantitative estimate of drug-likeness (QED) is 0.508. The zero-order valence-corrected chi connectivity index (χ0v) is 18.2. The molecule has 0 aliphatic carbocycles. The molecule has 0 atom stereocenters. The minimum absolute atomic E-state index is 0.0850. The van der Waals surface area contributed by atoms with Crippen molar-refractivity contribution in [1.29, 1.82) is 5.26 Å². The SMILES string of the molecule is COc1cc(C=C(C#N)C(=O)Nc2ccc(Cl)cc2)ccc1OCC(=O)N1CCOCC1. The Hall–Kier alpha value is -3.54. The lowest BCUT2D eigenvalue weighted by Crippen LogP contribution is -2.43. The average molecular weight is 456 g/mol. The Kier molecular flexibility index (Phi) is 8.08. The molecule has 1 N–H and O–H groups in total. The van der Waals surface area contributed by atoms with E-state index in [1.54, 1.807) is 47.4 Å². The second-order valence-corrected chi connectivity index (χ2v) is 7.26. The number of morpholine rings is 1. The van der Waals surface area contributed by atoms with Crippen molar-refractivity contribution in [2.45, 2.75) is 0 Å². The van der Waals surface area contributed by atoms with Gasteiger partial charge in [0, 0.05) is 23.8 Å². The third-order valence-electron chi connectivity index (χ3n) is 4.68. The van der Waals surface area contributed by atoms with Crippen LogP contribution in [0.2, 0.25) is 5.02 Å². The molecular formula is C23H22ClN3O5. The number of carbonyl (C=O) groups is 2. The number of methoxy groups -OCH3 is 1. The summed E-state index contributed by atoms with van der Waals surface area (Å²) in [7, 11) is 1.47. The van der Waals surface area contributed by atoms with Gasteiger partial charge in [-0.05, 0) is 48.0 Å². The minimum atomic E-state index is -0.551. The van der Waals surface area contributed by atoms with Gasteiger partial charge in [-0.1, -0.05) is 17.7 Å². The van der Waals surface area contributed by atoms with E-state index in [-0.39, 0.29) is 18.1 Å². The summed E-state index contributed by atoms with van der Waals surface area (Å²) < 4.78 is 16.2. The standard InChI is InChI=1S/C23H22ClN3O5/c1-30-21-13-16(2-7-20(21)32-15-22(28)27-8-10-31-11-9-27)12-17(14-25)23(29)26-19-5-3-18(24)4-6-19/h2-7,12-13H,8-11,15H2,1H3,(H,26,29). The van der Waals surface area contributed by atoms with Crippen LogP contribution in [0, 0.1) is 11.3 Å². The lowest BCUT2D eigenvalue weighted by atomic mass is 10.1. The zero-order valence-electron chi connectivity index (χ0n) is 17.5. The molecule has 166 valence electrons. The highest BCUT2D eigenvalue weighted by atomic mass is 35.5. The lowest BCUT2D eigenvalue weighted by Gasteiger charge is -2.26. The number of nitriles is 1. The summed E-state index contributed by atoms with van der Waals surface area (Å²) in [4.78, 5) is 26.4. The van der Waals surface area contributed by atoms with Gasteiger partial charge in [0.25, 0.3) is 11.8 Å². The number of carbonyl (C=O) groups excluding carboxylic acids is 2. The molecule has 0 radical (unpaired) electrons. The molecule has 1 fully saturated rings. The summed E-state index contributed by atoms with van der Waals surface area (Å²) in [6.07, 6.45) is 1.44. The predicted octanol–water partition coefficient (Wildman–Crippen LogP) is 3.13. The molecule has 32 heavy (non-hydrogen) atoms. The Bertz CT molecular complexity index is 1040. The Morgan fingerprint density at radius 1 is 1.19 bits per heavy atom. The predicted molar refractivity (Wildman–Crippen MR) is 120 cm³/mol. The molecule has 3 rings (SSSR count). The monoisotopic (exact) mass is 455 g/mol. The first-order valence-corrected chi connectivity index (χ1v) is 10.2. The van der Waals surface area contributed by atoms with Crippen LogP contribution in [0.25, 0.3) is 6.08 Å². The molecular weight excluding hydrogens is 434 g/mol. The summed E-state index contributed by atoms with van der Waals surface area (Å²) >= 11 is 5.84. The van der Waals surface area contributed by atoms with Crippen molar-refractivity contribution in [2.24, 2.45) is 0 Å². The highest BCUT2D eigenvalue weighted by molar-refractivity contribution is 6.30. The van der Waals surface area contributed by atoms with Crippen LogP contribution >= 0.6 is 11.6 Å². The molecule has 1 heterocycles. The summed E-state index contributed by atoms with van der Waals surface area (Å²) in [5.41, 5.74) is 1.00. The van der Waals surface area contributed by atoms with E-state index in [1.165, 1.54) is 13.2 Å². The number of nitrogens with zero attached hydrogens (tertiary/aromatic N) is 2. The van der Waals surface area contributed by atoms with Gasteiger partial charge in [0.2, 0.25) is 0 Å². The number of amides is 2. The van der Waals surface area contributed by atoms with Crippen molar-refractivity contribution in [3.05, 3.63) is 58.6 Å². The highest BCUT2D eigenvalue weighted by Gasteiger charge is 2.18. The third-order valence-corrected chi connectivity index (χ3v) is 4.93. The molecule has 1 aliphatic rings. The van der Waals surface area contributed by atoms with Crippen LogP contribution in [0.1, 0.15) is 5.56 Å². The normalized spacial score (nSPS) is 13.8. The van der Waals surface area contributed by atoms with Gasteiger partial charge < -0.3 is 24.4 Å². The summed E-state index contributed by atoms with van der Waals surface area (Å²) in [6, 6.07) is 13.4. The first-order chi connectivity index (χ1) is 15.5. The van der Waals surface area contributed by atoms with E-state index in [1.807, 2.05) is 6.07 Å². The molecule has 9 heteroatoms. The fourth-order valence-corrected chi connectivity index (χ4v) is 3.11. The molecule has 0 saturated carbocycles. The second-order valence-electron chi connectivity index (χ2n) is 6.82. The second kappa shape index (κ2) is 11.2. The van der Waals surface area contributed by atoms with Gasteiger partial charge in [-0.15, -0.1) is 0 Å². The molecule has 2 aromatic rings. The van der Waals surface area contributed by atoms with Crippen LogP contribution in [-0.2, 0) is 14.3 Å². The van der Waals surface area contributed by atoms with Crippen LogP contribution in [0.5, 0.6) is 11.5 Å². The zero-order chi connectivity index (χ0) is 22.9. The van der Waals surface area contributed by atoms with Crippen molar-refractivity contribution < 1.29 is 23.8 Å². The molecule has 1 saturated heterocycles. The maximum Gasteiger partial charge on any atom is 0.266 e. The number of rotatable bonds is 7. The Labute approximate surface area is 190 Å². The molecule has 0 unspecified atom stereocenters. The summed E-state index contributed by atoms with van der Waals surface area (Å²) in [6.45, 7) is 1.99. The topological polar surface area (TPSA) is 101 Å². The van der Waals surface area contributed by atoms with Crippen LogP contribution < -0.4 is 14.8 Å². The number of nitrogens with one attached hydrogen (secondary N) is 1. The van der Waals surface area contributed by atoms with Crippen LogP contribution in [0.3, 0.4) is 0 Å². The maximum atomic E-state index is 12.4. The highest BCUT2D eigenvalue weighted by Crippen LogP contribution is 2.29. The number of hydrogen-bond acceptors (Lipinski definition) is 6. The molecule has 2 aromatic carbocycles. The van der Waals surface area contributed by atoms with Crippen molar-refractivity contribution in [2.75, 3.05) is 45.3 Å². The van der Waals surface area contributed by atoms with Gasteiger partial charge in [-0.2, -0.15) is 5.26 Å². The van der Waals surface area contributed by atoms with Crippen molar-refractivity contribution in [1.82, 2.24) is 4.90 Å². The Morgan fingerprint density at radius 2 is 1.91 bits per heavy atom. The van der Waals surface area contributed by atoms with Crippen molar-refractivity contribution in [3.8, 4) is 17.6 Å². The average Bonchev–Trinajstić information content (AvgIpc) is 2.83. The van der Waals surface area contributed by atoms with Gasteiger partial charge in [0.15, 0.2) is 18.1 Å². The van der Waals surface area contributed by atoms with Crippen LogP contribution in [-0.4, -0.2) is 56.7 Å². The van der Waals surface area contributed by atoms with Gasteiger partial charge >= 0.3 is 0 Å². The first-order valence-electron chi connectivity index (χ1n) is 9.85. The lowest BCUT2D eigenvalue weighted by molar-refractivity contribution is -0.137. The van der Waals surface area contributed by atoms with Crippen LogP contribution in [0.4, 0.5) is 5.69 Å². The molecule has 8 nitrogen and oxygen atoms in total. The number of halogens is 1. The van der Waals surface area contributed by atoms with E-state index in [0.29, 0.717) is 54.1 Å². The first kappa shape index (κ1) is 23.1. The molecule has 0 aromatic heterocycles. The van der Waals surface area contributed by atoms with Gasteiger partial charge in [-0.3, -0.25) is 9.59 Å².